The lowest BCUT2D eigenvalue weighted by molar-refractivity contribution is 0.255. The van der Waals surface area contributed by atoms with Crippen LogP contribution in [-0.4, -0.2) is 30.5 Å². The molecule has 1 aromatic carbocycles. The van der Waals surface area contributed by atoms with Gasteiger partial charge in [0.25, 0.3) is 0 Å². The van der Waals surface area contributed by atoms with Crippen LogP contribution in [0.15, 0.2) is 40.7 Å². The first kappa shape index (κ1) is 20.2. The zero-order valence-corrected chi connectivity index (χ0v) is 18.0. The Kier molecular flexibility index (Phi) is 7.71. The standard InChI is InChI=1S/C19H26N4S.HI/c1-14-7-8-16(12-15(14)2)22-19(20)21-13-17(18-6-5-11-24-18)23-9-3-4-10-23;/h5-8,11-12,17H,3-4,9-10,13H2,1-2H3,(H3,20,21,22);1H. The predicted molar refractivity (Wildman–Crippen MR) is 119 cm³/mol. The molecule has 1 aliphatic heterocycles. The van der Waals surface area contributed by atoms with Crippen molar-refractivity contribution >= 4 is 47.0 Å². The molecule has 4 nitrogen and oxygen atoms in total. The number of nitrogens with two attached hydrogens (primary N) is 1. The van der Waals surface area contributed by atoms with Crippen LogP contribution in [0.25, 0.3) is 0 Å². The normalized spacial score (nSPS) is 16.5. The SMILES string of the molecule is Cc1ccc(NC(N)=NCC(c2cccs2)N2CCCC2)cc1C.I. The van der Waals surface area contributed by atoms with Gasteiger partial charge in [0.2, 0.25) is 0 Å². The molecule has 0 saturated carbocycles. The van der Waals surface area contributed by atoms with E-state index in [9.17, 15) is 0 Å². The summed E-state index contributed by atoms with van der Waals surface area (Å²) in [6.45, 7) is 7.22. The first-order chi connectivity index (χ1) is 11.6. The number of halogens is 1. The van der Waals surface area contributed by atoms with Gasteiger partial charge in [-0.15, -0.1) is 35.3 Å². The summed E-state index contributed by atoms with van der Waals surface area (Å²) < 4.78 is 0. The maximum atomic E-state index is 6.12. The van der Waals surface area contributed by atoms with Crippen molar-refractivity contribution in [1.29, 1.82) is 0 Å². The Labute approximate surface area is 171 Å². The first-order valence-electron chi connectivity index (χ1n) is 8.55. The van der Waals surface area contributed by atoms with Gasteiger partial charge in [0.05, 0.1) is 12.6 Å². The van der Waals surface area contributed by atoms with Gasteiger partial charge in [0, 0.05) is 10.6 Å². The minimum atomic E-state index is 0. The molecule has 3 rings (SSSR count). The average molecular weight is 470 g/mol. The Morgan fingerprint density at radius 1 is 1.24 bits per heavy atom. The summed E-state index contributed by atoms with van der Waals surface area (Å²) in [5, 5.41) is 5.35. The lowest BCUT2D eigenvalue weighted by Gasteiger charge is -2.25. The largest absolute Gasteiger partial charge is 0.370 e. The quantitative estimate of drug-likeness (QED) is 0.383. The highest BCUT2D eigenvalue weighted by Gasteiger charge is 2.23. The fourth-order valence-corrected chi connectivity index (χ4v) is 3.96. The van der Waals surface area contributed by atoms with Crippen LogP contribution < -0.4 is 11.1 Å². The maximum Gasteiger partial charge on any atom is 0.193 e. The summed E-state index contributed by atoms with van der Waals surface area (Å²) in [5.41, 5.74) is 9.64. The molecule has 25 heavy (non-hydrogen) atoms. The van der Waals surface area contributed by atoms with Gasteiger partial charge in [-0.25, -0.2) is 0 Å². The number of hydrogen-bond donors (Lipinski definition) is 2. The van der Waals surface area contributed by atoms with Crippen molar-refractivity contribution in [2.45, 2.75) is 32.7 Å². The Hall–Kier alpha value is -1.12. The van der Waals surface area contributed by atoms with Crippen LogP contribution in [0.3, 0.4) is 0 Å². The van der Waals surface area contributed by atoms with Crippen molar-refractivity contribution in [2.24, 2.45) is 10.7 Å². The predicted octanol–water partition coefficient (Wildman–Crippen LogP) is 4.55. The zero-order chi connectivity index (χ0) is 16.9. The number of aryl methyl sites for hydroxylation is 2. The number of hydrogen-bond acceptors (Lipinski definition) is 3. The Morgan fingerprint density at radius 3 is 2.64 bits per heavy atom. The summed E-state index contributed by atoms with van der Waals surface area (Å²) in [5.74, 6) is 0.485. The van der Waals surface area contributed by atoms with Crippen LogP contribution >= 0.6 is 35.3 Å². The molecule has 2 heterocycles. The summed E-state index contributed by atoms with van der Waals surface area (Å²) in [6, 6.07) is 10.9. The van der Waals surface area contributed by atoms with E-state index in [1.165, 1.54) is 28.8 Å². The first-order valence-corrected chi connectivity index (χ1v) is 9.43. The molecule has 136 valence electrons. The third-order valence-corrected chi connectivity index (χ3v) is 5.64. The summed E-state index contributed by atoms with van der Waals surface area (Å²) in [4.78, 5) is 8.52. The van der Waals surface area contributed by atoms with Crippen LogP contribution in [0, 0.1) is 13.8 Å². The van der Waals surface area contributed by atoms with E-state index >= 15 is 0 Å². The minimum Gasteiger partial charge on any atom is -0.370 e. The van der Waals surface area contributed by atoms with Gasteiger partial charge >= 0.3 is 0 Å². The fraction of sp³-hybridized carbons (Fsp3) is 0.421. The molecule has 0 amide bonds. The van der Waals surface area contributed by atoms with Crippen molar-refractivity contribution in [2.75, 3.05) is 25.0 Å². The molecule has 1 atom stereocenters. The molecular formula is C19H27IN4S. The number of nitrogens with one attached hydrogen (secondary N) is 1. The summed E-state index contributed by atoms with van der Waals surface area (Å²) in [7, 11) is 0. The highest BCUT2D eigenvalue weighted by atomic mass is 127. The van der Waals surface area contributed by atoms with Crippen LogP contribution in [0.5, 0.6) is 0 Å². The molecule has 0 aliphatic carbocycles. The number of rotatable bonds is 5. The van der Waals surface area contributed by atoms with Gasteiger partial charge in [-0.2, -0.15) is 0 Å². The number of anilines is 1. The van der Waals surface area contributed by atoms with Gasteiger partial charge < -0.3 is 11.1 Å². The number of nitrogens with zero attached hydrogens (tertiary/aromatic N) is 2. The fourth-order valence-electron chi connectivity index (χ4n) is 3.11. The van der Waals surface area contributed by atoms with Crippen molar-refractivity contribution < 1.29 is 0 Å². The molecule has 1 unspecified atom stereocenters. The molecule has 1 aromatic heterocycles. The molecule has 1 aliphatic rings. The van der Waals surface area contributed by atoms with E-state index < -0.39 is 0 Å². The molecule has 0 spiro atoms. The molecular weight excluding hydrogens is 443 g/mol. The Bertz CT molecular complexity index is 693. The number of likely N-dealkylation sites (tertiary alicyclic amines) is 1. The molecule has 0 radical (unpaired) electrons. The average Bonchev–Trinajstić information content (AvgIpc) is 3.25. The molecule has 3 N–H and O–H groups in total. The van der Waals surface area contributed by atoms with Crippen LogP contribution in [0.4, 0.5) is 5.69 Å². The van der Waals surface area contributed by atoms with Crippen molar-refractivity contribution in [3.05, 3.63) is 51.7 Å². The highest BCUT2D eigenvalue weighted by Crippen LogP contribution is 2.28. The summed E-state index contributed by atoms with van der Waals surface area (Å²) in [6.07, 6.45) is 2.56. The van der Waals surface area contributed by atoms with E-state index in [0.29, 0.717) is 18.5 Å². The van der Waals surface area contributed by atoms with Crippen LogP contribution in [-0.2, 0) is 0 Å². The lowest BCUT2D eigenvalue weighted by atomic mass is 10.1. The molecule has 6 heteroatoms. The number of benzene rings is 1. The monoisotopic (exact) mass is 470 g/mol. The summed E-state index contributed by atoms with van der Waals surface area (Å²) >= 11 is 1.80. The second-order valence-electron chi connectivity index (χ2n) is 6.42. The highest BCUT2D eigenvalue weighted by molar-refractivity contribution is 14.0. The minimum absolute atomic E-state index is 0. The second-order valence-corrected chi connectivity index (χ2v) is 7.40. The third kappa shape index (κ3) is 5.43. The van der Waals surface area contributed by atoms with Gasteiger partial charge in [-0.1, -0.05) is 12.1 Å². The van der Waals surface area contributed by atoms with Crippen LogP contribution in [0.1, 0.15) is 34.9 Å². The number of aliphatic imine (C=N–C) groups is 1. The van der Waals surface area contributed by atoms with Crippen molar-refractivity contribution in [1.82, 2.24) is 4.90 Å². The van der Waals surface area contributed by atoms with Gasteiger partial charge in [0.1, 0.15) is 0 Å². The number of guanidine groups is 1. The van der Waals surface area contributed by atoms with Gasteiger partial charge in [0.15, 0.2) is 5.96 Å². The lowest BCUT2D eigenvalue weighted by Crippen LogP contribution is -2.29. The van der Waals surface area contributed by atoms with Crippen molar-refractivity contribution in [3.63, 3.8) is 0 Å². The van der Waals surface area contributed by atoms with Gasteiger partial charge in [-0.05, 0) is 74.5 Å². The number of thiophene rings is 1. The molecule has 1 saturated heterocycles. The zero-order valence-electron chi connectivity index (χ0n) is 14.9. The second kappa shape index (κ2) is 9.54. The maximum absolute atomic E-state index is 6.12. The van der Waals surface area contributed by atoms with E-state index in [-0.39, 0.29) is 24.0 Å². The molecule has 1 fully saturated rings. The van der Waals surface area contributed by atoms with Crippen LogP contribution in [0.2, 0.25) is 0 Å². The van der Waals surface area contributed by atoms with Gasteiger partial charge in [-0.3, -0.25) is 9.89 Å². The third-order valence-electron chi connectivity index (χ3n) is 4.67. The smallest absolute Gasteiger partial charge is 0.193 e. The Morgan fingerprint density at radius 2 is 2.00 bits per heavy atom. The van der Waals surface area contributed by atoms with E-state index in [1.54, 1.807) is 11.3 Å². The van der Waals surface area contributed by atoms with E-state index in [0.717, 1.165) is 18.8 Å². The van der Waals surface area contributed by atoms with E-state index in [1.807, 2.05) is 6.07 Å². The Balaban J connectivity index is 0.00000225. The van der Waals surface area contributed by atoms with E-state index in [4.69, 9.17) is 5.73 Å². The topological polar surface area (TPSA) is 53.6 Å². The van der Waals surface area contributed by atoms with Crippen molar-refractivity contribution in [3.8, 4) is 0 Å². The molecule has 0 bridgehead atoms. The molecule has 2 aromatic rings. The van der Waals surface area contributed by atoms with E-state index in [2.05, 4.69) is 58.7 Å².